The number of aromatic carboxylic acids is 1. The quantitative estimate of drug-likeness (QED) is 0.867. The Bertz CT molecular complexity index is 611. The molecule has 0 aromatic carbocycles. The molecular weight excluding hydrogens is 244 g/mol. The van der Waals surface area contributed by atoms with Gasteiger partial charge in [0, 0.05) is 30.2 Å². The first-order valence-electron chi connectivity index (χ1n) is 6.01. The lowest BCUT2D eigenvalue weighted by Crippen LogP contribution is -2.11. The van der Waals surface area contributed by atoms with Crippen LogP contribution in [-0.2, 0) is 0 Å². The van der Waals surface area contributed by atoms with Gasteiger partial charge in [0.05, 0.1) is 0 Å². The molecule has 0 saturated heterocycles. The summed E-state index contributed by atoms with van der Waals surface area (Å²) in [6.45, 7) is 0. The summed E-state index contributed by atoms with van der Waals surface area (Å²) >= 11 is 0. The highest BCUT2D eigenvalue weighted by molar-refractivity contribution is 5.93. The Morgan fingerprint density at radius 2 is 2.05 bits per heavy atom. The topological polar surface area (TPSA) is 88.0 Å². The SMILES string of the molecule is O=C(O)c1cnc(-c2ccncc2)nc1NC1CC1. The van der Waals surface area contributed by atoms with Crippen molar-refractivity contribution in [3.05, 3.63) is 36.3 Å². The molecular formula is C13H12N4O2. The van der Waals surface area contributed by atoms with Gasteiger partial charge in [0.15, 0.2) is 5.82 Å². The summed E-state index contributed by atoms with van der Waals surface area (Å²) in [6.07, 6.45) is 6.74. The van der Waals surface area contributed by atoms with E-state index >= 15 is 0 Å². The van der Waals surface area contributed by atoms with Gasteiger partial charge in [-0.2, -0.15) is 0 Å². The number of nitrogens with zero attached hydrogens (tertiary/aromatic N) is 3. The van der Waals surface area contributed by atoms with Gasteiger partial charge in [0.1, 0.15) is 11.4 Å². The van der Waals surface area contributed by atoms with E-state index in [1.165, 1.54) is 6.20 Å². The highest BCUT2D eigenvalue weighted by Crippen LogP contribution is 2.26. The van der Waals surface area contributed by atoms with Crippen LogP contribution in [-0.4, -0.2) is 32.1 Å². The molecule has 96 valence electrons. The Morgan fingerprint density at radius 1 is 1.32 bits per heavy atom. The van der Waals surface area contributed by atoms with Crippen LogP contribution in [0.4, 0.5) is 5.82 Å². The van der Waals surface area contributed by atoms with Crippen LogP contribution in [0.15, 0.2) is 30.7 Å². The lowest BCUT2D eigenvalue weighted by Gasteiger charge is -2.09. The van der Waals surface area contributed by atoms with Gasteiger partial charge in [0.25, 0.3) is 0 Å². The van der Waals surface area contributed by atoms with Crippen molar-refractivity contribution in [3.63, 3.8) is 0 Å². The van der Waals surface area contributed by atoms with E-state index in [2.05, 4.69) is 20.3 Å². The number of aromatic nitrogens is 3. The molecule has 1 aliphatic rings. The van der Waals surface area contributed by atoms with Crippen LogP contribution in [0.5, 0.6) is 0 Å². The largest absolute Gasteiger partial charge is 0.477 e. The molecule has 1 aliphatic carbocycles. The van der Waals surface area contributed by atoms with E-state index < -0.39 is 5.97 Å². The van der Waals surface area contributed by atoms with E-state index in [0.717, 1.165) is 18.4 Å². The molecule has 1 saturated carbocycles. The molecule has 1 fully saturated rings. The predicted octanol–water partition coefficient (Wildman–Crippen LogP) is 1.81. The lowest BCUT2D eigenvalue weighted by atomic mass is 10.2. The fourth-order valence-corrected chi connectivity index (χ4v) is 1.71. The molecule has 0 amide bonds. The summed E-state index contributed by atoms with van der Waals surface area (Å²) in [7, 11) is 0. The molecule has 2 N–H and O–H groups in total. The summed E-state index contributed by atoms with van der Waals surface area (Å²) in [6, 6.07) is 3.91. The zero-order valence-electron chi connectivity index (χ0n) is 10.1. The Balaban J connectivity index is 2.00. The minimum atomic E-state index is -1.02. The second-order valence-corrected chi connectivity index (χ2v) is 4.42. The summed E-state index contributed by atoms with van der Waals surface area (Å²) in [5.74, 6) is -0.142. The molecule has 2 heterocycles. The molecule has 0 bridgehead atoms. The summed E-state index contributed by atoms with van der Waals surface area (Å²) in [5.41, 5.74) is 0.912. The van der Waals surface area contributed by atoms with Crippen LogP contribution >= 0.6 is 0 Å². The number of anilines is 1. The van der Waals surface area contributed by atoms with Crippen LogP contribution in [0.25, 0.3) is 11.4 Å². The van der Waals surface area contributed by atoms with Crippen molar-refractivity contribution in [2.24, 2.45) is 0 Å². The van der Waals surface area contributed by atoms with Crippen LogP contribution in [0.3, 0.4) is 0 Å². The van der Waals surface area contributed by atoms with E-state index in [1.54, 1.807) is 24.5 Å². The van der Waals surface area contributed by atoms with Crippen molar-refractivity contribution in [2.45, 2.75) is 18.9 Å². The molecule has 6 heteroatoms. The summed E-state index contributed by atoms with van der Waals surface area (Å²) in [4.78, 5) is 23.5. The van der Waals surface area contributed by atoms with Gasteiger partial charge in [-0.25, -0.2) is 14.8 Å². The molecule has 0 unspecified atom stereocenters. The molecule has 0 radical (unpaired) electrons. The number of carbonyl (C=O) groups is 1. The minimum Gasteiger partial charge on any atom is -0.477 e. The first-order chi connectivity index (χ1) is 9.24. The average Bonchev–Trinajstić information content (AvgIpc) is 3.23. The number of nitrogens with one attached hydrogen (secondary N) is 1. The molecule has 0 aliphatic heterocycles. The second kappa shape index (κ2) is 4.64. The van der Waals surface area contributed by atoms with Crippen molar-refractivity contribution < 1.29 is 9.90 Å². The summed E-state index contributed by atoms with van der Waals surface area (Å²) in [5, 5.41) is 12.3. The van der Waals surface area contributed by atoms with E-state index in [0.29, 0.717) is 17.7 Å². The van der Waals surface area contributed by atoms with Crippen molar-refractivity contribution >= 4 is 11.8 Å². The number of pyridine rings is 1. The first-order valence-corrected chi connectivity index (χ1v) is 6.01. The summed E-state index contributed by atoms with van der Waals surface area (Å²) < 4.78 is 0. The van der Waals surface area contributed by atoms with Crippen LogP contribution < -0.4 is 5.32 Å². The normalized spacial score (nSPS) is 14.1. The molecule has 0 atom stereocenters. The minimum absolute atomic E-state index is 0.102. The van der Waals surface area contributed by atoms with E-state index in [-0.39, 0.29) is 5.56 Å². The maximum atomic E-state index is 11.1. The number of hydrogen-bond acceptors (Lipinski definition) is 5. The number of carboxylic acids is 1. The van der Waals surface area contributed by atoms with E-state index in [9.17, 15) is 4.79 Å². The standard InChI is InChI=1S/C13H12N4O2/c18-13(19)10-7-15-11(8-3-5-14-6-4-8)17-12(10)16-9-1-2-9/h3-7,9H,1-2H2,(H,18,19)(H,15,16,17). The van der Waals surface area contributed by atoms with Gasteiger partial charge in [-0.05, 0) is 25.0 Å². The maximum absolute atomic E-state index is 11.1. The third kappa shape index (κ3) is 2.52. The average molecular weight is 256 g/mol. The maximum Gasteiger partial charge on any atom is 0.341 e. The monoisotopic (exact) mass is 256 g/mol. The highest BCUT2D eigenvalue weighted by atomic mass is 16.4. The zero-order chi connectivity index (χ0) is 13.2. The van der Waals surface area contributed by atoms with Crippen molar-refractivity contribution in [3.8, 4) is 11.4 Å². The lowest BCUT2D eigenvalue weighted by molar-refractivity contribution is 0.0697. The second-order valence-electron chi connectivity index (χ2n) is 4.42. The fraction of sp³-hybridized carbons (Fsp3) is 0.231. The number of hydrogen-bond donors (Lipinski definition) is 2. The zero-order valence-corrected chi connectivity index (χ0v) is 10.1. The van der Waals surface area contributed by atoms with Gasteiger partial charge in [-0.1, -0.05) is 0 Å². The highest BCUT2D eigenvalue weighted by Gasteiger charge is 2.24. The van der Waals surface area contributed by atoms with Gasteiger partial charge in [-0.15, -0.1) is 0 Å². The molecule has 19 heavy (non-hydrogen) atoms. The Morgan fingerprint density at radius 3 is 2.68 bits per heavy atom. The van der Waals surface area contributed by atoms with Gasteiger partial charge < -0.3 is 10.4 Å². The van der Waals surface area contributed by atoms with Crippen LogP contribution in [0.2, 0.25) is 0 Å². The number of rotatable bonds is 4. The van der Waals surface area contributed by atoms with Gasteiger partial charge >= 0.3 is 5.97 Å². The van der Waals surface area contributed by atoms with E-state index in [4.69, 9.17) is 5.11 Å². The third-order valence-corrected chi connectivity index (χ3v) is 2.88. The van der Waals surface area contributed by atoms with Crippen LogP contribution in [0, 0.1) is 0 Å². The van der Waals surface area contributed by atoms with Crippen molar-refractivity contribution in [1.82, 2.24) is 15.0 Å². The first kappa shape index (κ1) is 11.6. The molecule has 2 aromatic rings. The van der Waals surface area contributed by atoms with Crippen molar-refractivity contribution in [1.29, 1.82) is 0 Å². The smallest absolute Gasteiger partial charge is 0.341 e. The molecule has 0 spiro atoms. The fourth-order valence-electron chi connectivity index (χ4n) is 1.71. The van der Waals surface area contributed by atoms with Gasteiger partial charge in [-0.3, -0.25) is 4.98 Å². The number of carboxylic acid groups (broad SMARTS) is 1. The molecule has 3 rings (SSSR count). The van der Waals surface area contributed by atoms with E-state index in [1.807, 2.05) is 0 Å². The predicted molar refractivity (Wildman–Crippen MR) is 68.9 cm³/mol. The molecule has 6 nitrogen and oxygen atoms in total. The van der Waals surface area contributed by atoms with Gasteiger partial charge in [0.2, 0.25) is 0 Å². The Kier molecular flexibility index (Phi) is 2.83. The third-order valence-electron chi connectivity index (χ3n) is 2.88. The Hall–Kier alpha value is -2.50. The Labute approximate surface area is 109 Å². The molecule has 2 aromatic heterocycles. The van der Waals surface area contributed by atoms with Crippen LogP contribution in [0.1, 0.15) is 23.2 Å². The van der Waals surface area contributed by atoms with Crippen molar-refractivity contribution in [2.75, 3.05) is 5.32 Å².